The molecule has 0 fully saturated rings. The van der Waals surface area contributed by atoms with Gasteiger partial charge in [-0.05, 0) is 38.3 Å². The molecule has 0 aliphatic heterocycles. The number of nitrogens with zero attached hydrogens (tertiary/aromatic N) is 1. The number of hydrogen-bond acceptors (Lipinski definition) is 2. The van der Waals surface area contributed by atoms with Gasteiger partial charge < -0.3 is 10.0 Å². The van der Waals surface area contributed by atoms with Crippen LogP contribution in [-0.4, -0.2) is 34.5 Å². The molecule has 0 spiro atoms. The van der Waals surface area contributed by atoms with Gasteiger partial charge in [0.1, 0.15) is 6.54 Å². The van der Waals surface area contributed by atoms with Crippen molar-refractivity contribution in [1.29, 1.82) is 0 Å². The molecule has 1 amide bonds. The van der Waals surface area contributed by atoms with E-state index in [2.05, 4.69) is 0 Å². The van der Waals surface area contributed by atoms with Crippen LogP contribution in [0, 0.1) is 6.92 Å². The van der Waals surface area contributed by atoms with Gasteiger partial charge in [-0.1, -0.05) is 24.3 Å². The summed E-state index contributed by atoms with van der Waals surface area (Å²) in [4.78, 5) is 24.2. The fourth-order valence-corrected chi connectivity index (χ4v) is 1.98. The predicted octanol–water partition coefficient (Wildman–Crippen LogP) is 2.25. The number of carbonyl (C=O) groups is 2. The summed E-state index contributed by atoms with van der Waals surface area (Å²) in [5, 5.41) is 8.82. The largest absolute Gasteiger partial charge is 0.480 e. The Morgan fingerprint density at radius 3 is 2.42 bits per heavy atom. The van der Waals surface area contributed by atoms with Crippen LogP contribution in [0.3, 0.4) is 0 Å². The molecule has 1 aromatic carbocycles. The van der Waals surface area contributed by atoms with Crippen molar-refractivity contribution in [3.63, 3.8) is 0 Å². The first-order chi connectivity index (χ1) is 8.91. The summed E-state index contributed by atoms with van der Waals surface area (Å²) < 4.78 is 0. The Kier molecular flexibility index (Phi) is 5.55. The van der Waals surface area contributed by atoms with Gasteiger partial charge in [0.05, 0.1) is 0 Å². The summed E-state index contributed by atoms with van der Waals surface area (Å²) in [6.45, 7) is 5.44. The monoisotopic (exact) mass is 263 g/mol. The highest BCUT2D eigenvalue weighted by molar-refractivity contribution is 5.81. The Balaban J connectivity index is 2.63. The van der Waals surface area contributed by atoms with Crippen LogP contribution in [0.4, 0.5) is 0 Å². The number of carboxylic acids is 1. The van der Waals surface area contributed by atoms with E-state index in [1.54, 1.807) is 0 Å². The molecule has 0 saturated heterocycles. The molecule has 0 heterocycles. The summed E-state index contributed by atoms with van der Waals surface area (Å²) in [5.41, 5.74) is 2.29. The van der Waals surface area contributed by atoms with Crippen molar-refractivity contribution in [3.8, 4) is 0 Å². The normalized spacial score (nSPS) is 10.5. The van der Waals surface area contributed by atoms with Crippen molar-refractivity contribution in [2.75, 3.05) is 6.54 Å². The van der Waals surface area contributed by atoms with Crippen LogP contribution < -0.4 is 0 Å². The number of aryl methyl sites for hydroxylation is 2. The van der Waals surface area contributed by atoms with Gasteiger partial charge in [0, 0.05) is 12.5 Å². The number of carboxylic acid groups (broad SMARTS) is 1. The molecule has 1 aromatic rings. The van der Waals surface area contributed by atoms with Gasteiger partial charge in [0.15, 0.2) is 0 Å². The van der Waals surface area contributed by atoms with Crippen molar-refractivity contribution in [1.82, 2.24) is 4.90 Å². The van der Waals surface area contributed by atoms with E-state index in [4.69, 9.17) is 5.11 Å². The van der Waals surface area contributed by atoms with Crippen LogP contribution in [0.25, 0.3) is 0 Å². The Hall–Kier alpha value is -1.84. The summed E-state index contributed by atoms with van der Waals surface area (Å²) in [6.07, 6.45) is 0.991. The van der Waals surface area contributed by atoms with Gasteiger partial charge in [-0.3, -0.25) is 9.59 Å². The van der Waals surface area contributed by atoms with Gasteiger partial charge >= 0.3 is 5.97 Å². The summed E-state index contributed by atoms with van der Waals surface area (Å²) >= 11 is 0. The summed E-state index contributed by atoms with van der Waals surface area (Å²) in [5.74, 6) is -1.08. The van der Waals surface area contributed by atoms with Gasteiger partial charge in [-0.2, -0.15) is 0 Å². The van der Waals surface area contributed by atoms with Gasteiger partial charge in [-0.25, -0.2) is 0 Å². The number of carbonyl (C=O) groups excluding carboxylic acids is 1. The van der Waals surface area contributed by atoms with E-state index in [-0.39, 0.29) is 18.5 Å². The molecule has 0 aliphatic rings. The fraction of sp³-hybridized carbons (Fsp3) is 0.467. The molecule has 0 atom stereocenters. The number of rotatable bonds is 6. The van der Waals surface area contributed by atoms with Crippen molar-refractivity contribution in [2.24, 2.45) is 0 Å². The lowest BCUT2D eigenvalue weighted by atomic mass is 10.0. The Bertz CT molecular complexity index is 454. The minimum Gasteiger partial charge on any atom is -0.480 e. The highest BCUT2D eigenvalue weighted by Gasteiger charge is 2.19. The van der Waals surface area contributed by atoms with Crippen LogP contribution in [0.5, 0.6) is 0 Å². The van der Waals surface area contributed by atoms with Gasteiger partial charge in [0.25, 0.3) is 0 Å². The first-order valence-electron chi connectivity index (χ1n) is 6.47. The van der Waals surface area contributed by atoms with Gasteiger partial charge in [-0.15, -0.1) is 0 Å². The fourth-order valence-electron chi connectivity index (χ4n) is 1.98. The average Bonchev–Trinajstić information content (AvgIpc) is 2.34. The molecular weight excluding hydrogens is 242 g/mol. The highest BCUT2D eigenvalue weighted by atomic mass is 16.4. The maximum absolute atomic E-state index is 12.1. The minimum atomic E-state index is -0.974. The molecular formula is C15H21NO3. The van der Waals surface area contributed by atoms with Crippen LogP contribution in [0.1, 0.15) is 31.4 Å². The molecule has 0 unspecified atom stereocenters. The molecule has 4 heteroatoms. The molecule has 104 valence electrons. The Morgan fingerprint density at radius 2 is 1.89 bits per heavy atom. The molecule has 0 saturated carbocycles. The van der Waals surface area contributed by atoms with Gasteiger partial charge in [0.2, 0.25) is 5.91 Å². The zero-order valence-corrected chi connectivity index (χ0v) is 11.7. The first kappa shape index (κ1) is 15.2. The number of hydrogen-bond donors (Lipinski definition) is 1. The molecule has 19 heavy (non-hydrogen) atoms. The summed E-state index contributed by atoms with van der Waals surface area (Å²) in [6, 6.07) is 7.83. The molecule has 4 nitrogen and oxygen atoms in total. The molecule has 0 bridgehead atoms. The first-order valence-corrected chi connectivity index (χ1v) is 6.47. The molecule has 0 aromatic heterocycles. The SMILES string of the molecule is Cc1ccccc1CCC(=O)N(CC(=O)O)C(C)C. The van der Waals surface area contributed by atoms with Crippen LogP contribution in [-0.2, 0) is 16.0 Å². The van der Waals surface area contributed by atoms with Crippen molar-refractivity contribution < 1.29 is 14.7 Å². The van der Waals surface area contributed by atoms with Crippen LogP contribution in [0.2, 0.25) is 0 Å². The second-order valence-corrected chi connectivity index (χ2v) is 4.94. The number of benzene rings is 1. The Labute approximate surface area is 114 Å². The van der Waals surface area contributed by atoms with E-state index in [1.807, 2.05) is 45.0 Å². The quantitative estimate of drug-likeness (QED) is 0.856. The second kappa shape index (κ2) is 6.92. The zero-order chi connectivity index (χ0) is 14.4. The van der Waals surface area contributed by atoms with Crippen LogP contribution >= 0.6 is 0 Å². The van der Waals surface area contributed by atoms with E-state index in [9.17, 15) is 9.59 Å². The van der Waals surface area contributed by atoms with Crippen molar-refractivity contribution in [3.05, 3.63) is 35.4 Å². The van der Waals surface area contributed by atoms with E-state index < -0.39 is 5.97 Å². The number of aliphatic carboxylic acids is 1. The second-order valence-electron chi connectivity index (χ2n) is 4.94. The lowest BCUT2D eigenvalue weighted by Gasteiger charge is -2.25. The lowest BCUT2D eigenvalue weighted by Crippen LogP contribution is -2.40. The number of amides is 1. The topological polar surface area (TPSA) is 57.6 Å². The van der Waals surface area contributed by atoms with E-state index in [0.29, 0.717) is 12.8 Å². The maximum atomic E-state index is 12.1. The Morgan fingerprint density at radius 1 is 1.26 bits per heavy atom. The van der Waals surface area contributed by atoms with E-state index >= 15 is 0 Å². The minimum absolute atomic E-state index is 0.0968. The molecule has 0 aliphatic carbocycles. The third-order valence-electron chi connectivity index (χ3n) is 3.12. The smallest absolute Gasteiger partial charge is 0.323 e. The summed E-state index contributed by atoms with van der Waals surface area (Å²) in [7, 11) is 0. The standard InChI is InChI=1S/C15H21NO3/c1-11(2)16(10-15(18)19)14(17)9-8-13-7-5-4-6-12(13)3/h4-7,11H,8-10H2,1-3H3,(H,18,19). The predicted molar refractivity (Wildman–Crippen MR) is 74.0 cm³/mol. The zero-order valence-electron chi connectivity index (χ0n) is 11.7. The van der Waals surface area contributed by atoms with Crippen molar-refractivity contribution in [2.45, 2.75) is 39.7 Å². The molecule has 1 N–H and O–H groups in total. The molecule has 1 rings (SSSR count). The van der Waals surface area contributed by atoms with E-state index in [1.165, 1.54) is 4.90 Å². The molecule has 0 radical (unpaired) electrons. The third-order valence-corrected chi connectivity index (χ3v) is 3.12. The van der Waals surface area contributed by atoms with Crippen molar-refractivity contribution >= 4 is 11.9 Å². The third kappa shape index (κ3) is 4.73. The highest BCUT2D eigenvalue weighted by Crippen LogP contribution is 2.11. The van der Waals surface area contributed by atoms with E-state index in [0.717, 1.165) is 11.1 Å². The van der Waals surface area contributed by atoms with Crippen LogP contribution in [0.15, 0.2) is 24.3 Å². The average molecular weight is 263 g/mol. The lowest BCUT2D eigenvalue weighted by molar-refractivity contribution is -0.145. The maximum Gasteiger partial charge on any atom is 0.323 e.